The first kappa shape index (κ1) is 15.5. The van der Waals surface area contributed by atoms with Crippen LogP contribution in [0.1, 0.15) is 28.8 Å². The molecule has 1 atom stereocenters. The molecule has 0 unspecified atom stereocenters. The van der Waals surface area contributed by atoms with Gasteiger partial charge in [-0.25, -0.2) is 4.79 Å². The summed E-state index contributed by atoms with van der Waals surface area (Å²) in [6.45, 7) is 2.23. The number of benzene rings is 1. The van der Waals surface area contributed by atoms with Crippen LogP contribution >= 0.6 is 0 Å². The molecule has 5 heteroatoms. The molecule has 0 saturated carbocycles. The van der Waals surface area contributed by atoms with Crippen LogP contribution in [0, 0.1) is 5.92 Å². The minimum atomic E-state index is -0.372. The first-order valence-corrected chi connectivity index (χ1v) is 7.20. The third kappa shape index (κ3) is 4.86. The molecule has 1 heterocycles. The molecule has 1 aromatic carbocycles. The number of amides is 1. The van der Waals surface area contributed by atoms with Crippen LogP contribution in [-0.2, 0) is 20.7 Å². The standard InChI is InChI=1S/C16H21NO4/c1-20-16(19)14-6-4-12(5-7-14)9-15(18)17-10-13-3-2-8-21-11-13/h4-7,13H,2-3,8-11H2,1H3,(H,17,18)/t13-/m1/s1. The molecule has 0 bridgehead atoms. The van der Waals surface area contributed by atoms with Crippen molar-refractivity contribution >= 4 is 11.9 Å². The molecule has 1 N–H and O–H groups in total. The van der Waals surface area contributed by atoms with E-state index in [1.54, 1.807) is 24.3 Å². The van der Waals surface area contributed by atoms with Gasteiger partial charge in [-0.05, 0) is 36.5 Å². The van der Waals surface area contributed by atoms with E-state index in [9.17, 15) is 9.59 Å². The van der Waals surface area contributed by atoms with Crippen LogP contribution in [0.4, 0.5) is 0 Å². The van der Waals surface area contributed by atoms with E-state index >= 15 is 0 Å². The van der Waals surface area contributed by atoms with Gasteiger partial charge < -0.3 is 14.8 Å². The summed E-state index contributed by atoms with van der Waals surface area (Å²) in [7, 11) is 1.35. The van der Waals surface area contributed by atoms with Crippen molar-refractivity contribution in [2.45, 2.75) is 19.3 Å². The second-order valence-electron chi connectivity index (χ2n) is 5.25. The van der Waals surface area contributed by atoms with E-state index < -0.39 is 0 Å². The van der Waals surface area contributed by atoms with Crippen molar-refractivity contribution < 1.29 is 19.1 Å². The molecular formula is C16H21NO4. The van der Waals surface area contributed by atoms with Gasteiger partial charge >= 0.3 is 5.97 Å². The number of hydrogen-bond donors (Lipinski definition) is 1. The Morgan fingerprint density at radius 1 is 1.33 bits per heavy atom. The van der Waals surface area contributed by atoms with E-state index in [2.05, 4.69) is 10.1 Å². The van der Waals surface area contributed by atoms with Gasteiger partial charge in [-0.3, -0.25) is 4.79 Å². The van der Waals surface area contributed by atoms with Crippen LogP contribution in [0.15, 0.2) is 24.3 Å². The van der Waals surface area contributed by atoms with Crippen molar-refractivity contribution in [1.82, 2.24) is 5.32 Å². The van der Waals surface area contributed by atoms with E-state index in [0.29, 0.717) is 24.4 Å². The lowest BCUT2D eigenvalue weighted by molar-refractivity contribution is -0.120. The Labute approximate surface area is 124 Å². The quantitative estimate of drug-likeness (QED) is 0.836. The summed E-state index contributed by atoms with van der Waals surface area (Å²) in [6, 6.07) is 6.89. The van der Waals surface area contributed by atoms with Crippen molar-refractivity contribution in [2.75, 3.05) is 26.9 Å². The number of ether oxygens (including phenoxy) is 2. The molecule has 1 aromatic rings. The monoisotopic (exact) mass is 291 g/mol. The number of carbonyl (C=O) groups is 2. The van der Waals surface area contributed by atoms with Gasteiger partial charge in [0.25, 0.3) is 0 Å². The average Bonchev–Trinajstić information content (AvgIpc) is 2.54. The number of methoxy groups -OCH3 is 1. The normalized spacial score (nSPS) is 18.0. The zero-order chi connectivity index (χ0) is 15.1. The predicted molar refractivity (Wildman–Crippen MR) is 78.0 cm³/mol. The summed E-state index contributed by atoms with van der Waals surface area (Å²) < 4.78 is 10.0. The first-order chi connectivity index (χ1) is 10.2. The maximum absolute atomic E-state index is 11.9. The molecule has 1 fully saturated rings. The summed E-state index contributed by atoms with van der Waals surface area (Å²) in [5.74, 6) is 0.0408. The Bertz CT molecular complexity index is 478. The number of hydrogen-bond acceptors (Lipinski definition) is 4. The van der Waals surface area contributed by atoms with Gasteiger partial charge in [-0.1, -0.05) is 12.1 Å². The Balaban J connectivity index is 1.77. The number of carbonyl (C=O) groups excluding carboxylic acids is 2. The highest BCUT2D eigenvalue weighted by Gasteiger charge is 2.15. The summed E-state index contributed by atoms with van der Waals surface area (Å²) in [5, 5.41) is 2.94. The van der Waals surface area contributed by atoms with E-state index in [1.807, 2.05) is 0 Å². The number of nitrogens with one attached hydrogen (secondary N) is 1. The maximum atomic E-state index is 11.9. The topological polar surface area (TPSA) is 64.6 Å². The highest BCUT2D eigenvalue weighted by molar-refractivity contribution is 5.89. The fraction of sp³-hybridized carbons (Fsp3) is 0.500. The Kier molecular flexibility index (Phi) is 5.75. The SMILES string of the molecule is COC(=O)c1ccc(CC(=O)NC[C@H]2CCCOC2)cc1. The van der Waals surface area contributed by atoms with Gasteiger partial charge in [-0.2, -0.15) is 0 Å². The highest BCUT2D eigenvalue weighted by Crippen LogP contribution is 2.12. The molecule has 0 radical (unpaired) electrons. The van der Waals surface area contributed by atoms with Crippen molar-refractivity contribution in [3.05, 3.63) is 35.4 Å². The number of rotatable bonds is 5. The molecule has 1 amide bonds. The lowest BCUT2D eigenvalue weighted by atomic mass is 10.0. The van der Waals surface area contributed by atoms with Crippen molar-refractivity contribution in [3.63, 3.8) is 0 Å². The molecule has 1 aliphatic rings. The largest absolute Gasteiger partial charge is 0.465 e. The van der Waals surface area contributed by atoms with Gasteiger partial charge in [0, 0.05) is 13.2 Å². The second kappa shape index (κ2) is 7.78. The van der Waals surface area contributed by atoms with Crippen LogP contribution in [-0.4, -0.2) is 38.7 Å². The van der Waals surface area contributed by atoms with Crippen LogP contribution < -0.4 is 5.32 Å². The Morgan fingerprint density at radius 3 is 2.71 bits per heavy atom. The predicted octanol–water partition coefficient (Wildman–Crippen LogP) is 1.56. The minimum absolute atomic E-state index is 0.00797. The summed E-state index contributed by atoms with van der Waals surface area (Å²) in [5.41, 5.74) is 1.36. The Morgan fingerprint density at radius 2 is 2.10 bits per heavy atom. The third-order valence-electron chi connectivity index (χ3n) is 3.58. The van der Waals surface area contributed by atoms with Gasteiger partial charge in [-0.15, -0.1) is 0 Å². The fourth-order valence-electron chi connectivity index (χ4n) is 2.35. The van der Waals surface area contributed by atoms with Gasteiger partial charge in [0.2, 0.25) is 5.91 Å². The number of esters is 1. The summed E-state index contributed by atoms with van der Waals surface area (Å²) >= 11 is 0. The highest BCUT2D eigenvalue weighted by atomic mass is 16.5. The first-order valence-electron chi connectivity index (χ1n) is 7.20. The lowest BCUT2D eigenvalue weighted by Crippen LogP contribution is -2.34. The minimum Gasteiger partial charge on any atom is -0.465 e. The molecule has 1 aliphatic heterocycles. The zero-order valence-electron chi connectivity index (χ0n) is 12.3. The molecule has 2 rings (SSSR count). The molecule has 1 saturated heterocycles. The Hall–Kier alpha value is -1.88. The molecule has 0 aromatic heterocycles. The third-order valence-corrected chi connectivity index (χ3v) is 3.58. The molecule has 114 valence electrons. The second-order valence-corrected chi connectivity index (χ2v) is 5.25. The lowest BCUT2D eigenvalue weighted by Gasteiger charge is -2.22. The average molecular weight is 291 g/mol. The summed E-state index contributed by atoms with van der Waals surface area (Å²) in [6.07, 6.45) is 2.48. The van der Waals surface area contributed by atoms with Crippen molar-refractivity contribution in [3.8, 4) is 0 Å². The molecular weight excluding hydrogens is 270 g/mol. The molecule has 0 spiro atoms. The smallest absolute Gasteiger partial charge is 0.337 e. The maximum Gasteiger partial charge on any atom is 0.337 e. The van der Waals surface area contributed by atoms with E-state index in [-0.39, 0.29) is 11.9 Å². The van der Waals surface area contributed by atoms with Crippen LogP contribution in [0.5, 0.6) is 0 Å². The molecule has 0 aliphatic carbocycles. The van der Waals surface area contributed by atoms with E-state index in [4.69, 9.17) is 4.74 Å². The van der Waals surface area contributed by atoms with Crippen LogP contribution in [0.3, 0.4) is 0 Å². The van der Waals surface area contributed by atoms with Gasteiger partial charge in [0.1, 0.15) is 0 Å². The molecule has 5 nitrogen and oxygen atoms in total. The molecule has 21 heavy (non-hydrogen) atoms. The van der Waals surface area contributed by atoms with Gasteiger partial charge in [0.15, 0.2) is 0 Å². The van der Waals surface area contributed by atoms with Crippen LogP contribution in [0.2, 0.25) is 0 Å². The van der Waals surface area contributed by atoms with Crippen molar-refractivity contribution in [1.29, 1.82) is 0 Å². The van der Waals surface area contributed by atoms with Crippen LogP contribution in [0.25, 0.3) is 0 Å². The van der Waals surface area contributed by atoms with E-state index in [0.717, 1.165) is 31.6 Å². The van der Waals surface area contributed by atoms with Gasteiger partial charge in [0.05, 0.1) is 25.7 Å². The van der Waals surface area contributed by atoms with Crippen molar-refractivity contribution in [2.24, 2.45) is 5.92 Å². The van der Waals surface area contributed by atoms with E-state index in [1.165, 1.54) is 7.11 Å². The fourth-order valence-corrected chi connectivity index (χ4v) is 2.35. The zero-order valence-corrected chi connectivity index (χ0v) is 12.3. The summed E-state index contributed by atoms with van der Waals surface area (Å²) in [4.78, 5) is 23.2.